The van der Waals surface area contributed by atoms with E-state index in [1.807, 2.05) is 11.3 Å². The molecule has 1 aliphatic carbocycles. The van der Waals surface area contributed by atoms with Gasteiger partial charge in [0.05, 0.1) is 0 Å². The highest BCUT2D eigenvalue weighted by Gasteiger charge is 2.23. The molecule has 0 amide bonds. The molecule has 1 heterocycles. The van der Waals surface area contributed by atoms with Crippen molar-refractivity contribution >= 4 is 37.1 Å². The normalized spacial score (nSPS) is 17.3. The fraction of sp³-hybridized carbons (Fsp3) is 0.200. The standard InChI is InChI=1S/C20H18S/c1-13-10-15(12-20(13,2)3)14-8-9-17-16-6-4-5-7-18(16)21-19(17)11-14/h4-12H,1-3H3. The molecule has 1 aliphatic rings. The highest BCUT2D eigenvalue weighted by Crippen LogP contribution is 2.41. The molecule has 1 heteroatoms. The van der Waals surface area contributed by atoms with Gasteiger partial charge < -0.3 is 0 Å². The molecule has 0 aliphatic heterocycles. The summed E-state index contributed by atoms with van der Waals surface area (Å²) >= 11 is 1.89. The molecule has 2 aromatic carbocycles. The summed E-state index contributed by atoms with van der Waals surface area (Å²) < 4.78 is 2.75. The van der Waals surface area contributed by atoms with Gasteiger partial charge in [-0.2, -0.15) is 0 Å². The van der Waals surface area contributed by atoms with Crippen molar-refractivity contribution in [3.8, 4) is 0 Å². The van der Waals surface area contributed by atoms with E-state index in [4.69, 9.17) is 0 Å². The minimum absolute atomic E-state index is 0.185. The Hall–Kier alpha value is -1.86. The van der Waals surface area contributed by atoms with Crippen LogP contribution in [0, 0.1) is 5.41 Å². The third kappa shape index (κ3) is 1.96. The van der Waals surface area contributed by atoms with E-state index in [2.05, 4.69) is 75.4 Å². The second kappa shape index (κ2) is 4.32. The maximum atomic E-state index is 2.39. The van der Waals surface area contributed by atoms with Crippen molar-refractivity contribution in [3.05, 3.63) is 65.8 Å². The summed E-state index contributed by atoms with van der Waals surface area (Å²) in [5.74, 6) is 0. The van der Waals surface area contributed by atoms with Crippen LogP contribution in [0.3, 0.4) is 0 Å². The number of thiophene rings is 1. The van der Waals surface area contributed by atoms with Crippen molar-refractivity contribution in [2.45, 2.75) is 20.8 Å². The molecule has 0 fully saturated rings. The van der Waals surface area contributed by atoms with Gasteiger partial charge in [-0.25, -0.2) is 0 Å². The summed E-state index contributed by atoms with van der Waals surface area (Å²) in [5, 5.41) is 2.74. The maximum absolute atomic E-state index is 2.39. The van der Waals surface area contributed by atoms with E-state index in [0.29, 0.717) is 0 Å². The first-order valence-electron chi connectivity index (χ1n) is 7.38. The van der Waals surface area contributed by atoms with Crippen molar-refractivity contribution in [2.75, 3.05) is 0 Å². The van der Waals surface area contributed by atoms with Crippen molar-refractivity contribution in [2.24, 2.45) is 5.41 Å². The third-order valence-corrected chi connectivity index (χ3v) is 5.75. The van der Waals surface area contributed by atoms with Crippen molar-refractivity contribution < 1.29 is 0 Å². The molecule has 0 N–H and O–H groups in total. The minimum atomic E-state index is 0.185. The zero-order valence-electron chi connectivity index (χ0n) is 12.6. The summed E-state index contributed by atoms with van der Waals surface area (Å²) in [4.78, 5) is 0. The van der Waals surface area contributed by atoms with Crippen molar-refractivity contribution in [1.29, 1.82) is 0 Å². The molecule has 0 saturated carbocycles. The van der Waals surface area contributed by atoms with Gasteiger partial charge in [0, 0.05) is 25.6 Å². The Morgan fingerprint density at radius 2 is 1.67 bits per heavy atom. The Morgan fingerprint density at radius 1 is 0.905 bits per heavy atom. The molecule has 0 saturated heterocycles. The van der Waals surface area contributed by atoms with Gasteiger partial charge in [0.2, 0.25) is 0 Å². The van der Waals surface area contributed by atoms with Crippen LogP contribution in [0.25, 0.3) is 25.7 Å². The second-order valence-electron chi connectivity index (χ2n) is 6.46. The monoisotopic (exact) mass is 290 g/mol. The van der Waals surface area contributed by atoms with Crippen molar-refractivity contribution in [3.63, 3.8) is 0 Å². The Morgan fingerprint density at radius 3 is 2.43 bits per heavy atom. The number of rotatable bonds is 1. The molecule has 1 aromatic heterocycles. The largest absolute Gasteiger partial charge is 0.135 e. The van der Waals surface area contributed by atoms with Crippen LogP contribution >= 0.6 is 11.3 Å². The minimum Gasteiger partial charge on any atom is -0.135 e. The van der Waals surface area contributed by atoms with E-state index >= 15 is 0 Å². The van der Waals surface area contributed by atoms with Crippen LogP contribution in [0.1, 0.15) is 26.3 Å². The van der Waals surface area contributed by atoms with E-state index in [1.54, 1.807) is 0 Å². The zero-order chi connectivity index (χ0) is 14.6. The zero-order valence-corrected chi connectivity index (χ0v) is 13.4. The van der Waals surface area contributed by atoms with E-state index < -0.39 is 0 Å². The molecular formula is C20H18S. The fourth-order valence-electron chi connectivity index (χ4n) is 3.04. The van der Waals surface area contributed by atoms with E-state index in [1.165, 1.54) is 36.9 Å². The van der Waals surface area contributed by atoms with Crippen molar-refractivity contribution in [1.82, 2.24) is 0 Å². The van der Waals surface area contributed by atoms with Gasteiger partial charge >= 0.3 is 0 Å². The molecular weight excluding hydrogens is 272 g/mol. The van der Waals surface area contributed by atoms with Gasteiger partial charge in [0.15, 0.2) is 0 Å². The van der Waals surface area contributed by atoms with Gasteiger partial charge in [-0.3, -0.25) is 0 Å². The molecule has 0 atom stereocenters. The average molecular weight is 290 g/mol. The van der Waals surface area contributed by atoms with Crippen LogP contribution in [0.2, 0.25) is 0 Å². The van der Waals surface area contributed by atoms with E-state index in [0.717, 1.165) is 0 Å². The highest BCUT2D eigenvalue weighted by atomic mass is 32.1. The molecule has 0 spiro atoms. The SMILES string of the molecule is CC1=CC(c2ccc3c(c2)sc2ccccc23)=CC1(C)C. The lowest BCUT2D eigenvalue weighted by molar-refractivity contribution is 0.591. The van der Waals surface area contributed by atoms with Crippen LogP contribution < -0.4 is 0 Å². The lowest BCUT2D eigenvalue weighted by Crippen LogP contribution is -2.04. The summed E-state index contributed by atoms with van der Waals surface area (Å²) in [7, 11) is 0. The first kappa shape index (κ1) is 12.8. The van der Waals surface area contributed by atoms with Crippen LogP contribution in [0.4, 0.5) is 0 Å². The number of benzene rings is 2. The van der Waals surface area contributed by atoms with Gasteiger partial charge in [-0.15, -0.1) is 11.3 Å². The van der Waals surface area contributed by atoms with Gasteiger partial charge in [0.1, 0.15) is 0 Å². The van der Waals surface area contributed by atoms with Crippen LogP contribution in [-0.2, 0) is 0 Å². The predicted molar refractivity (Wildman–Crippen MR) is 94.8 cm³/mol. The molecule has 0 unspecified atom stereocenters. The van der Waals surface area contributed by atoms with E-state index in [9.17, 15) is 0 Å². The van der Waals surface area contributed by atoms with E-state index in [-0.39, 0.29) is 5.41 Å². The average Bonchev–Trinajstić information content (AvgIpc) is 2.96. The Bertz CT molecular complexity index is 919. The van der Waals surface area contributed by atoms with Gasteiger partial charge in [-0.1, -0.05) is 61.9 Å². The van der Waals surface area contributed by atoms with Gasteiger partial charge in [0.25, 0.3) is 0 Å². The molecule has 21 heavy (non-hydrogen) atoms. The summed E-state index contributed by atoms with van der Waals surface area (Å²) in [6.07, 6.45) is 4.71. The fourth-order valence-corrected chi connectivity index (χ4v) is 4.18. The molecule has 3 aromatic rings. The topological polar surface area (TPSA) is 0 Å². The highest BCUT2D eigenvalue weighted by molar-refractivity contribution is 7.25. The van der Waals surface area contributed by atoms with Crippen LogP contribution in [-0.4, -0.2) is 0 Å². The second-order valence-corrected chi connectivity index (χ2v) is 7.54. The lowest BCUT2D eigenvalue weighted by atomic mass is 9.88. The summed E-state index contributed by atoms with van der Waals surface area (Å²) in [5.41, 5.74) is 4.31. The Labute approximate surface area is 129 Å². The number of fused-ring (bicyclic) bond motifs is 3. The third-order valence-electron chi connectivity index (χ3n) is 4.62. The quantitative estimate of drug-likeness (QED) is 0.485. The smallest absolute Gasteiger partial charge is 0.0361 e. The molecule has 104 valence electrons. The number of allylic oxidation sites excluding steroid dienone is 4. The summed E-state index contributed by atoms with van der Waals surface area (Å²) in [6.45, 7) is 6.79. The molecule has 4 rings (SSSR count). The van der Waals surface area contributed by atoms with Gasteiger partial charge in [-0.05, 0) is 30.2 Å². The Balaban J connectivity index is 1.91. The summed E-state index contributed by atoms with van der Waals surface area (Å²) in [6, 6.07) is 15.6. The first-order chi connectivity index (χ1) is 10.0. The first-order valence-corrected chi connectivity index (χ1v) is 8.19. The maximum Gasteiger partial charge on any atom is 0.0361 e. The molecule has 0 bridgehead atoms. The van der Waals surface area contributed by atoms with Crippen LogP contribution in [0.5, 0.6) is 0 Å². The lowest BCUT2D eigenvalue weighted by Gasteiger charge is -2.16. The Kier molecular flexibility index (Phi) is 2.64. The number of hydrogen-bond donors (Lipinski definition) is 0. The predicted octanol–water partition coefficient (Wildman–Crippen LogP) is 6.42. The number of hydrogen-bond acceptors (Lipinski definition) is 1. The molecule has 0 radical (unpaired) electrons. The van der Waals surface area contributed by atoms with Crippen LogP contribution in [0.15, 0.2) is 60.2 Å². The molecule has 0 nitrogen and oxygen atoms in total.